The lowest BCUT2D eigenvalue weighted by molar-refractivity contribution is -0.137. The van der Waals surface area contributed by atoms with Gasteiger partial charge in [-0.3, -0.25) is 4.98 Å². The Morgan fingerprint density at radius 1 is 0.900 bits per heavy atom. The molecule has 0 radical (unpaired) electrons. The zero-order chi connectivity index (χ0) is 21.1. The van der Waals surface area contributed by atoms with Crippen molar-refractivity contribution >= 4 is 17.3 Å². The van der Waals surface area contributed by atoms with Crippen LogP contribution in [0.1, 0.15) is 18.4 Å². The quantitative estimate of drug-likeness (QED) is 0.569. The molecule has 3 aromatic rings. The molecule has 1 aliphatic rings. The lowest BCUT2D eigenvalue weighted by atomic mass is 10.0. The van der Waals surface area contributed by atoms with E-state index in [0.29, 0.717) is 24.7 Å². The molecule has 1 saturated heterocycles. The number of anilines is 3. The van der Waals surface area contributed by atoms with Crippen molar-refractivity contribution < 1.29 is 17.6 Å². The fourth-order valence-electron chi connectivity index (χ4n) is 3.67. The topological polar surface area (TPSA) is 45.2 Å². The highest BCUT2D eigenvalue weighted by atomic mass is 19.4. The van der Waals surface area contributed by atoms with Crippen LogP contribution < -0.4 is 9.80 Å². The first-order valence-corrected chi connectivity index (χ1v) is 9.51. The van der Waals surface area contributed by atoms with E-state index in [-0.39, 0.29) is 6.04 Å². The van der Waals surface area contributed by atoms with Gasteiger partial charge in [-0.2, -0.15) is 13.2 Å². The van der Waals surface area contributed by atoms with Gasteiger partial charge in [0.2, 0.25) is 5.95 Å². The Labute approximate surface area is 171 Å². The molecule has 2 aromatic heterocycles. The van der Waals surface area contributed by atoms with Crippen LogP contribution in [0.15, 0.2) is 61.2 Å². The number of aromatic nitrogens is 3. The van der Waals surface area contributed by atoms with E-state index in [1.165, 1.54) is 12.1 Å². The van der Waals surface area contributed by atoms with Crippen LogP contribution in [0.2, 0.25) is 0 Å². The third kappa shape index (κ3) is 4.34. The maximum absolute atomic E-state index is 13.1. The maximum Gasteiger partial charge on any atom is 0.416 e. The summed E-state index contributed by atoms with van der Waals surface area (Å²) in [4.78, 5) is 16.2. The lowest BCUT2D eigenvalue weighted by Crippen LogP contribution is -2.43. The molecule has 0 saturated carbocycles. The van der Waals surface area contributed by atoms with Gasteiger partial charge in [0.1, 0.15) is 0 Å². The molecule has 156 valence electrons. The Morgan fingerprint density at radius 2 is 1.57 bits per heavy atom. The number of hydrogen-bond acceptors (Lipinski definition) is 5. The van der Waals surface area contributed by atoms with E-state index in [1.54, 1.807) is 18.5 Å². The molecular formula is C21H19F4N5. The minimum atomic E-state index is -4.38. The Kier molecular flexibility index (Phi) is 5.52. The smallest absolute Gasteiger partial charge is 0.341 e. The average molecular weight is 417 g/mol. The molecule has 4 rings (SSSR count). The lowest BCUT2D eigenvalue weighted by Gasteiger charge is -2.39. The molecule has 5 nitrogen and oxygen atoms in total. The van der Waals surface area contributed by atoms with E-state index >= 15 is 0 Å². The maximum atomic E-state index is 13.1. The molecule has 0 atom stereocenters. The molecule has 0 spiro atoms. The first-order valence-electron chi connectivity index (χ1n) is 9.51. The predicted octanol–water partition coefficient (Wildman–Crippen LogP) is 4.84. The first-order chi connectivity index (χ1) is 14.4. The van der Waals surface area contributed by atoms with E-state index in [9.17, 15) is 17.6 Å². The summed E-state index contributed by atoms with van der Waals surface area (Å²) in [6, 6.07) is 8.92. The minimum Gasteiger partial charge on any atom is -0.341 e. The van der Waals surface area contributed by atoms with Gasteiger partial charge in [-0.15, -0.1) is 0 Å². The van der Waals surface area contributed by atoms with Crippen LogP contribution in [0.3, 0.4) is 0 Å². The van der Waals surface area contributed by atoms with Gasteiger partial charge < -0.3 is 9.80 Å². The van der Waals surface area contributed by atoms with Crippen molar-refractivity contribution in [2.45, 2.75) is 25.1 Å². The summed E-state index contributed by atoms with van der Waals surface area (Å²) < 4.78 is 52.0. The number of hydrogen-bond donors (Lipinski definition) is 0. The molecular weight excluding hydrogens is 398 g/mol. The SMILES string of the molecule is Fc1cnc(N2CCC(N(c3ccc(C(F)(F)F)cc3)c3cccnc3)CC2)nc1. The van der Waals surface area contributed by atoms with Gasteiger partial charge in [0, 0.05) is 31.0 Å². The summed E-state index contributed by atoms with van der Waals surface area (Å²) in [7, 11) is 0. The van der Waals surface area contributed by atoms with Crippen molar-refractivity contribution in [1.82, 2.24) is 15.0 Å². The number of pyridine rings is 1. The van der Waals surface area contributed by atoms with E-state index in [1.807, 2.05) is 15.9 Å². The van der Waals surface area contributed by atoms with E-state index < -0.39 is 17.6 Å². The highest BCUT2D eigenvalue weighted by molar-refractivity contribution is 5.64. The number of benzene rings is 1. The molecule has 3 heterocycles. The summed E-state index contributed by atoms with van der Waals surface area (Å²) >= 11 is 0. The number of piperidine rings is 1. The third-order valence-corrected chi connectivity index (χ3v) is 5.12. The van der Waals surface area contributed by atoms with E-state index in [2.05, 4.69) is 15.0 Å². The van der Waals surface area contributed by atoms with Crippen molar-refractivity contribution in [2.75, 3.05) is 22.9 Å². The first kappa shape index (κ1) is 20.1. The van der Waals surface area contributed by atoms with Crippen LogP contribution >= 0.6 is 0 Å². The number of halogens is 4. The predicted molar refractivity (Wildman–Crippen MR) is 105 cm³/mol. The molecule has 30 heavy (non-hydrogen) atoms. The van der Waals surface area contributed by atoms with Gasteiger partial charge in [-0.25, -0.2) is 14.4 Å². The summed E-state index contributed by atoms with van der Waals surface area (Å²) in [6.45, 7) is 1.29. The summed E-state index contributed by atoms with van der Waals surface area (Å²) in [5, 5.41) is 0. The monoisotopic (exact) mass is 417 g/mol. The molecule has 9 heteroatoms. The molecule has 1 aromatic carbocycles. The van der Waals surface area contributed by atoms with Crippen LogP contribution in [-0.2, 0) is 6.18 Å². The molecule has 0 bridgehead atoms. The molecule has 1 aliphatic heterocycles. The van der Waals surface area contributed by atoms with Gasteiger partial charge in [0.25, 0.3) is 0 Å². The Bertz CT molecular complexity index is 953. The molecule has 0 N–H and O–H groups in total. The van der Waals surface area contributed by atoms with Gasteiger partial charge in [0.05, 0.1) is 29.8 Å². The van der Waals surface area contributed by atoms with Crippen molar-refractivity contribution in [2.24, 2.45) is 0 Å². The van der Waals surface area contributed by atoms with Crippen molar-refractivity contribution in [1.29, 1.82) is 0 Å². The van der Waals surface area contributed by atoms with Crippen LogP contribution in [0.5, 0.6) is 0 Å². The Hall–Kier alpha value is -3.23. The van der Waals surface area contributed by atoms with Crippen molar-refractivity contribution in [3.05, 3.63) is 72.6 Å². The Balaban J connectivity index is 1.56. The number of alkyl halides is 3. The van der Waals surface area contributed by atoms with Gasteiger partial charge in [-0.1, -0.05) is 0 Å². The van der Waals surface area contributed by atoms with Crippen LogP contribution in [0.25, 0.3) is 0 Å². The average Bonchev–Trinajstić information content (AvgIpc) is 2.76. The van der Waals surface area contributed by atoms with Crippen LogP contribution in [0.4, 0.5) is 34.9 Å². The van der Waals surface area contributed by atoms with Gasteiger partial charge >= 0.3 is 6.18 Å². The van der Waals surface area contributed by atoms with E-state index in [0.717, 1.165) is 43.1 Å². The van der Waals surface area contributed by atoms with Gasteiger partial charge in [0.15, 0.2) is 5.82 Å². The molecule has 0 unspecified atom stereocenters. The largest absolute Gasteiger partial charge is 0.416 e. The van der Waals surface area contributed by atoms with Gasteiger partial charge in [-0.05, 0) is 49.2 Å². The number of nitrogens with zero attached hydrogens (tertiary/aromatic N) is 5. The summed E-state index contributed by atoms with van der Waals surface area (Å²) in [6.07, 6.45) is 2.72. The Morgan fingerprint density at radius 3 is 2.13 bits per heavy atom. The second-order valence-corrected chi connectivity index (χ2v) is 7.05. The standard InChI is InChI=1S/C21H19F4N5/c22-16-12-27-20(28-13-16)29-10-7-18(8-11-29)30(19-2-1-9-26-14-19)17-5-3-15(4-6-17)21(23,24)25/h1-6,9,12-14,18H,7-8,10-11H2. The minimum absolute atomic E-state index is 0.0580. The fraction of sp³-hybridized carbons (Fsp3) is 0.286. The zero-order valence-corrected chi connectivity index (χ0v) is 15.9. The number of rotatable bonds is 4. The zero-order valence-electron chi connectivity index (χ0n) is 15.9. The normalized spacial score (nSPS) is 15.3. The summed E-state index contributed by atoms with van der Waals surface area (Å²) in [5.74, 6) is -0.0176. The molecule has 1 fully saturated rings. The second kappa shape index (κ2) is 8.25. The third-order valence-electron chi connectivity index (χ3n) is 5.12. The molecule has 0 amide bonds. The highest BCUT2D eigenvalue weighted by Gasteiger charge is 2.31. The van der Waals surface area contributed by atoms with E-state index in [4.69, 9.17) is 0 Å². The van der Waals surface area contributed by atoms with Crippen molar-refractivity contribution in [3.63, 3.8) is 0 Å². The second-order valence-electron chi connectivity index (χ2n) is 7.05. The summed E-state index contributed by atoms with van der Waals surface area (Å²) in [5.41, 5.74) is 0.807. The van der Waals surface area contributed by atoms with Crippen molar-refractivity contribution in [3.8, 4) is 0 Å². The molecule has 0 aliphatic carbocycles. The van der Waals surface area contributed by atoms with Crippen LogP contribution in [0, 0.1) is 5.82 Å². The fourth-order valence-corrected chi connectivity index (χ4v) is 3.67. The highest BCUT2D eigenvalue weighted by Crippen LogP contribution is 2.35. The van der Waals surface area contributed by atoms with Crippen LogP contribution in [-0.4, -0.2) is 34.1 Å².